The molecule has 4 heteroatoms. The highest BCUT2D eigenvalue weighted by Crippen LogP contribution is 2.27. The van der Waals surface area contributed by atoms with E-state index in [0.29, 0.717) is 6.04 Å². The highest BCUT2D eigenvalue weighted by atomic mass is 35.5. The highest BCUT2D eigenvalue weighted by molar-refractivity contribution is 7.99. The predicted molar refractivity (Wildman–Crippen MR) is 83.0 cm³/mol. The second-order valence-electron chi connectivity index (χ2n) is 4.91. The van der Waals surface area contributed by atoms with Gasteiger partial charge in [-0.3, -0.25) is 0 Å². The van der Waals surface area contributed by atoms with Gasteiger partial charge in [-0.1, -0.05) is 31.5 Å². The first-order valence-corrected chi connectivity index (χ1v) is 8.04. The first-order valence-electron chi connectivity index (χ1n) is 6.51. The van der Waals surface area contributed by atoms with Crippen molar-refractivity contribution in [3.63, 3.8) is 0 Å². The molecule has 0 unspecified atom stereocenters. The molecule has 1 aromatic rings. The van der Waals surface area contributed by atoms with Gasteiger partial charge in [0.25, 0.3) is 0 Å². The molecule has 1 N–H and O–H groups in total. The normalized spacial score (nSPS) is 16.3. The fraction of sp³-hybridized carbons (Fsp3) is 0.571. The van der Waals surface area contributed by atoms with Crippen molar-refractivity contribution in [2.75, 3.05) is 29.5 Å². The zero-order valence-corrected chi connectivity index (χ0v) is 12.7. The number of rotatable bonds is 4. The second kappa shape index (κ2) is 6.69. The summed E-state index contributed by atoms with van der Waals surface area (Å²) in [5.74, 6) is 2.42. The van der Waals surface area contributed by atoms with Crippen molar-refractivity contribution < 1.29 is 0 Å². The average Bonchev–Trinajstić information content (AvgIpc) is 2.38. The van der Waals surface area contributed by atoms with Crippen molar-refractivity contribution in [3.8, 4) is 0 Å². The molecule has 0 radical (unpaired) electrons. The monoisotopic (exact) mass is 284 g/mol. The fourth-order valence-electron chi connectivity index (χ4n) is 2.10. The van der Waals surface area contributed by atoms with E-state index in [-0.39, 0.29) is 0 Å². The zero-order valence-electron chi connectivity index (χ0n) is 11.1. The third-order valence-electron chi connectivity index (χ3n) is 3.10. The number of hydrogen-bond acceptors (Lipinski definition) is 3. The van der Waals surface area contributed by atoms with Crippen LogP contribution in [0.5, 0.6) is 0 Å². The van der Waals surface area contributed by atoms with Gasteiger partial charge in [0, 0.05) is 47.9 Å². The molecule has 0 amide bonds. The third-order valence-corrected chi connectivity index (χ3v) is 4.28. The number of benzene rings is 1. The first kappa shape index (κ1) is 14.0. The molecule has 0 spiro atoms. The minimum absolute atomic E-state index is 0.505. The van der Waals surface area contributed by atoms with Crippen LogP contribution >= 0.6 is 23.4 Å². The van der Waals surface area contributed by atoms with Gasteiger partial charge in [0.2, 0.25) is 0 Å². The zero-order chi connectivity index (χ0) is 13.0. The minimum Gasteiger partial charge on any atom is -0.370 e. The number of nitrogens with zero attached hydrogens (tertiary/aromatic N) is 1. The van der Waals surface area contributed by atoms with Crippen molar-refractivity contribution in [2.45, 2.75) is 26.4 Å². The van der Waals surface area contributed by atoms with Crippen LogP contribution < -0.4 is 10.2 Å². The Morgan fingerprint density at radius 3 is 2.72 bits per heavy atom. The van der Waals surface area contributed by atoms with Gasteiger partial charge in [-0.2, -0.15) is 11.8 Å². The van der Waals surface area contributed by atoms with Crippen LogP contribution in [0.15, 0.2) is 18.2 Å². The van der Waals surface area contributed by atoms with E-state index < -0.39 is 0 Å². The molecule has 1 aliphatic rings. The van der Waals surface area contributed by atoms with Crippen LogP contribution in [0.4, 0.5) is 5.69 Å². The summed E-state index contributed by atoms with van der Waals surface area (Å²) < 4.78 is 0. The summed E-state index contributed by atoms with van der Waals surface area (Å²) in [6, 6.07) is 6.75. The topological polar surface area (TPSA) is 15.3 Å². The Balaban J connectivity index is 2.16. The summed E-state index contributed by atoms with van der Waals surface area (Å²) in [7, 11) is 0. The van der Waals surface area contributed by atoms with E-state index in [1.165, 1.54) is 22.8 Å². The predicted octanol–water partition coefficient (Wildman–Crippen LogP) is 3.39. The highest BCUT2D eigenvalue weighted by Gasteiger charge is 2.15. The van der Waals surface area contributed by atoms with Gasteiger partial charge in [-0.25, -0.2) is 0 Å². The Bertz CT molecular complexity index is 389. The van der Waals surface area contributed by atoms with Crippen LogP contribution in [0, 0.1) is 0 Å². The first-order chi connectivity index (χ1) is 8.66. The molecule has 0 aromatic heterocycles. The van der Waals surface area contributed by atoms with E-state index in [1.807, 2.05) is 17.8 Å². The van der Waals surface area contributed by atoms with E-state index in [1.54, 1.807) is 0 Å². The van der Waals surface area contributed by atoms with Crippen molar-refractivity contribution in [2.24, 2.45) is 0 Å². The lowest BCUT2D eigenvalue weighted by atomic mass is 10.1. The molecule has 1 aromatic carbocycles. The average molecular weight is 285 g/mol. The van der Waals surface area contributed by atoms with Gasteiger partial charge in [0.15, 0.2) is 0 Å². The van der Waals surface area contributed by atoms with Crippen LogP contribution in [-0.4, -0.2) is 30.6 Å². The molecule has 1 heterocycles. The molecule has 0 aliphatic carbocycles. The van der Waals surface area contributed by atoms with E-state index in [4.69, 9.17) is 11.6 Å². The number of hydrogen-bond donors (Lipinski definition) is 1. The van der Waals surface area contributed by atoms with Gasteiger partial charge in [0.1, 0.15) is 0 Å². The van der Waals surface area contributed by atoms with Crippen molar-refractivity contribution >= 4 is 29.1 Å². The van der Waals surface area contributed by atoms with Crippen LogP contribution in [-0.2, 0) is 6.54 Å². The number of halogens is 1. The summed E-state index contributed by atoms with van der Waals surface area (Å²) in [5.41, 5.74) is 2.65. The molecule has 18 heavy (non-hydrogen) atoms. The maximum Gasteiger partial charge on any atom is 0.0427 e. The molecule has 1 fully saturated rings. The van der Waals surface area contributed by atoms with E-state index in [0.717, 1.165) is 24.7 Å². The number of anilines is 1. The third kappa shape index (κ3) is 3.81. The molecule has 1 saturated heterocycles. The van der Waals surface area contributed by atoms with Crippen molar-refractivity contribution in [1.82, 2.24) is 5.32 Å². The summed E-state index contributed by atoms with van der Waals surface area (Å²) in [4.78, 5) is 2.46. The Hall–Kier alpha value is -0.380. The molecule has 1 aliphatic heterocycles. The van der Waals surface area contributed by atoms with Crippen molar-refractivity contribution in [1.29, 1.82) is 0 Å². The Morgan fingerprint density at radius 2 is 2.06 bits per heavy atom. The van der Waals surface area contributed by atoms with Crippen molar-refractivity contribution in [3.05, 3.63) is 28.8 Å². The molecule has 100 valence electrons. The molecular formula is C14H21ClN2S. The Labute approximate surface area is 119 Å². The Kier molecular flexibility index (Phi) is 5.22. The van der Waals surface area contributed by atoms with Gasteiger partial charge in [0.05, 0.1) is 0 Å². The standard InChI is InChI=1S/C14H21ClN2S/c1-11(2)16-10-12-3-4-13(15)9-14(12)17-5-7-18-8-6-17/h3-4,9,11,16H,5-8,10H2,1-2H3. The van der Waals surface area contributed by atoms with E-state index in [2.05, 4.69) is 36.2 Å². The van der Waals surface area contributed by atoms with Crippen LogP contribution in [0.3, 0.4) is 0 Å². The van der Waals surface area contributed by atoms with Gasteiger partial charge in [-0.15, -0.1) is 0 Å². The van der Waals surface area contributed by atoms with Crippen LogP contribution in [0.1, 0.15) is 19.4 Å². The smallest absolute Gasteiger partial charge is 0.0427 e. The molecular weight excluding hydrogens is 264 g/mol. The summed E-state index contributed by atoms with van der Waals surface area (Å²) in [6.07, 6.45) is 0. The maximum absolute atomic E-state index is 6.15. The summed E-state index contributed by atoms with van der Waals surface area (Å²) in [6.45, 7) is 7.51. The largest absolute Gasteiger partial charge is 0.370 e. The molecule has 0 atom stereocenters. The summed E-state index contributed by atoms with van der Waals surface area (Å²) >= 11 is 8.18. The SMILES string of the molecule is CC(C)NCc1ccc(Cl)cc1N1CCSCC1. The Morgan fingerprint density at radius 1 is 1.33 bits per heavy atom. The van der Waals surface area contributed by atoms with Gasteiger partial charge in [-0.05, 0) is 17.7 Å². The molecule has 0 bridgehead atoms. The molecule has 2 rings (SSSR count). The van der Waals surface area contributed by atoms with Gasteiger partial charge >= 0.3 is 0 Å². The number of thioether (sulfide) groups is 1. The summed E-state index contributed by atoms with van der Waals surface area (Å²) in [5, 5.41) is 4.32. The molecule has 2 nitrogen and oxygen atoms in total. The quantitative estimate of drug-likeness (QED) is 0.912. The number of nitrogens with one attached hydrogen (secondary N) is 1. The van der Waals surface area contributed by atoms with Crippen LogP contribution in [0.2, 0.25) is 5.02 Å². The van der Waals surface area contributed by atoms with E-state index in [9.17, 15) is 0 Å². The molecule has 0 saturated carbocycles. The minimum atomic E-state index is 0.505. The lowest BCUT2D eigenvalue weighted by molar-refractivity contribution is 0.588. The van der Waals surface area contributed by atoms with Gasteiger partial charge < -0.3 is 10.2 Å². The second-order valence-corrected chi connectivity index (χ2v) is 6.57. The fourth-order valence-corrected chi connectivity index (χ4v) is 3.17. The van der Waals surface area contributed by atoms with Crippen LogP contribution in [0.25, 0.3) is 0 Å². The lowest BCUT2D eigenvalue weighted by Gasteiger charge is -2.30. The van der Waals surface area contributed by atoms with E-state index >= 15 is 0 Å². The lowest BCUT2D eigenvalue weighted by Crippen LogP contribution is -2.34. The maximum atomic E-state index is 6.15.